The van der Waals surface area contributed by atoms with E-state index >= 15 is 0 Å². The molecular formula is C11H13N3O. The molecule has 0 radical (unpaired) electrons. The van der Waals surface area contributed by atoms with Crippen LogP contribution in [0.4, 0.5) is 0 Å². The molecule has 0 N–H and O–H groups in total. The third-order valence-corrected chi connectivity index (χ3v) is 2.10. The lowest BCUT2D eigenvalue weighted by atomic mass is 9.83. The summed E-state index contributed by atoms with van der Waals surface area (Å²) in [6, 6.07) is 7.18. The third-order valence-electron chi connectivity index (χ3n) is 2.10. The molecule has 0 aromatic heterocycles. The Balaban J connectivity index is 3.30. The number of hydrogen-bond donors (Lipinski definition) is 0. The SMILES string of the molecule is CC(C)(C)c1ccccc1C(=O)N=[N+]=[N-]. The van der Waals surface area contributed by atoms with E-state index in [1.165, 1.54) is 0 Å². The van der Waals surface area contributed by atoms with E-state index in [4.69, 9.17) is 5.53 Å². The van der Waals surface area contributed by atoms with Crippen LogP contribution < -0.4 is 0 Å². The van der Waals surface area contributed by atoms with Gasteiger partial charge in [0.15, 0.2) is 0 Å². The second kappa shape index (κ2) is 4.15. The van der Waals surface area contributed by atoms with Gasteiger partial charge in [0.05, 0.1) is 0 Å². The molecule has 1 rings (SSSR count). The summed E-state index contributed by atoms with van der Waals surface area (Å²) in [5.41, 5.74) is 9.45. The molecule has 1 amide bonds. The standard InChI is InChI=1S/C11H13N3O/c1-11(2,3)9-7-5-4-6-8(9)10(15)13-14-12/h4-7H,1-3H3. The zero-order valence-corrected chi connectivity index (χ0v) is 9.06. The van der Waals surface area contributed by atoms with Crippen molar-refractivity contribution in [1.29, 1.82) is 0 Å². The molecule has 78 valence electrons. The van der Waals surface area contributed by atoms with Crippen LogP contribution in [0.5, 0.6) is 0 Å². The van der Waals surface area contributed by atoms with Crippen molar-refractivity contribution in [3.8, 4) is 0 Å². The van der Waals surface area contributed by atoms with Crippen molar-refractivity contribution < 1.29 is 4.79 Å². The van der Waals surface area contributed by atoms with Gasteiger partial charge in [0.25, 0.3) is 0 Å². The van der Waals surface area contributed by atoms with Crippen molar-refractivity contribution in [3.63, 3.8) is 0 Å². The quantitative estimate of drug-likeness (QED) is 0.391. The summed E-state index contributed by atoms with van der Waals surface area (Å²) < 4.78 is 0. The maximum absolute atomic E-state index is 11.5. The van der Waals surface area contributed by atoms with E-state index in [0.29, 0.717) is 5.56 Å². The first-order valence-corrected chi connectivity index (χ1v) is 4.66. The topological polar surface area (TPSA) is 65.8 Å². The number of benzene rings is 1. The summed E-state index contributed by atoms with van der Waals surface area (Å²) >= 11 is 0. The number of carbonyl (C=O) groups is 1. The van der Waals surface area contributed by atoms with Gasteiger partial charge in [0.2, 0.25) is 5.91 Å². The summed E-state index contributed by atoms with van der Waals surface area (Å²) in [5, 5.41) is 3.11. The number of carbonyl (C=O) groups excluding carboxylic acids is 1. The van der Waals surface area contributed by atoms with Gasteiger partial charge in [-0.25, -0.2) is 0 Å². The Kier molecular flexibility index (Phi) is 3.12. The lowest BCUT2D eigenvalue weighted by Gasteiger charge is -2.21. The molecule has 1 aromatic rings. The second-order valence-corrected chi connectivity index (χ2v) is 4.29. The van der Waals surface area contributed by atoms with Crippen LogP contribution in [-0.4, -0.2) is 5.91 Å². The first-order chi connectivity index (χ1) is 6.96. The van der Waals surface area contributed by atoms with Gasteiger partial charge in [0.1, 0.15) is 0 Å². The summed E-state index contributed by atoms with van der Waals surface area (Å²) in [5.74, 6) is -0.525. The largest absolute Gasteiger partial charge is 0.287 e. The lowest BCUT2D eigenvalue weighted by Crippen LogP contribution is -2.15. The molecule has 15 heavy (non-hydrogen) atoms. The fraction of sp³-hybridized carbons (Fsp3) is 0.364. The molecule has 4 nitrogen and oxygen atoms in total. The Morgan fingerprint density at radius 1 is 1.33 bits per heavy atom. The first-order valence-electron chi connectivity index (χ1n) is 4.66. The maximum atomic E-state index is 11.5. The maximum Gasteiger partial charge on any atom is 0.249 e. The average molecular weight is 203 g/mol. The minimum Gasteiger partial charge on any atom is -0.287 e. The van der Waals surface area contributed by atoms with Gasteiger partial charge in [-0.1, -0.05) is 45.0 Å². The van der Waals surface area contributed by atoms with Crippen LogP contribution >= 0.6 is 0 Å². The molecule has 0 fully saturated rings. The molecule has 0 aliphatic heterocycles. The molecule has 0 aliphatic carbocycles. The predicted octanol–water partition coefficient (Wildman–Crippen LogP) is 3.43. The Hall–Kier alpha value is -1.80. The van der Waals surface area contributed by atoms with Crippen molar-refractivity contribution in [2.75, 3.05) is 0 Å². The van der Waals surface area contributed by atoms with E-state index in [9.17, 15) is 4.79 Å². The second-order valence-electron chi connectivity index (χ2n) is 4.29. The molecule has 0 saturated heterocycles. The summed E-state index contributed by atoms with van der Waals surface area (Å²) in [6.45, 7) is 6.03. The fourth-order valence-electron chi connectivity index (χ4n) is 1.42. The van der Waals surface area contributed by atoms with Crippen molar-refractivity contribution in [3.05, 3.63) is 45.8 Å². The van der Waals surface area contributed by atoms with Crippen LogP contribution in [0.25, 0.3) is 10.4 Å². The monoisotopic (exact) mass is 203 g/mol. The molecule has 1 aromatic carbocycles. The molecule has 0 aliphatic rings. The minimum atomic E-state index is -0.525. The highest BCUT2D eigenvalue weighted by Crippen LogP contribution is 2.26. The zero-order chi connectivity index (χ0) is 11.5. The molecule has 0 unspecified atom stereocenters. The van der Waals surface area contributed by atoms with Crippen LogP contribution in [0, 0.1) is 0 Å². The number of hydrogen-bond acceptors (Lipinski definition) is 1. The summed E-state index contributed by atoms with van der Waals surface area (Å²) in [7, 11) is 0. The highest BCUT2D eigenvalue weighted by atomic mass is 16.1. The number of nitrogens with zero attached hydrogens (tertiary/aromatic N) is 3. The molecule has 0 atom stereocenters. The molecule has 0 saturated carbocycles. The minimum absolute atomic E-state index is 0.142. The van der Waals surface area contributed by atoms with Gasteiger partial charge >= 0.3 is 0 Å². The Labute approximate surface area is 88.6 Å². The van der Waals surface area contributed by atoms with Crippen LogP contribution in [0.1, 0.15) is 36.7 Å². The van der Waals surface area contributed by atoms with Gasteiger partial charge in [-0.3, -0.25) is 4.79 Å². The highest BCUT2D eigenvalue weighted by Gasteiger charge is 2.20. The van der Waals surface area contributed by atoms with E-state index in [2.05, 4.69) is 10.0 Å². The van der Waals surface area contributed by atoms with Gasteiger partial charge < -0.3 is 0 Å². The Bertz CT molecular complexity index is 426. The van der Waals surface area contributed by atoms with Gasteiger partial charge in [0, 0.05) is 10.5 Å². The normalized spacial score (nSPS) is 10.6. The van der Waals surface area contributed by atoms with Crippen LogP contribution in [0.3, 0.4) is 0 Å². The van der Waals surface area contributed by atoms with Crippen molar-refractivity contribution in [1.82, 2.24) is 0 Å². The average Bonchev–Trinajstić information content (AvgIpc) is 2.17. The molecule has 4 heteroatoms. The smallest absolute Gasteiger partial charge is 0.249 e. The van der Waals surface area contributed by atoms with Crippen molar-refractivity contribution in [2.24, 2.45) is 5.11 Å². The fourth-order valence-corrected chi connectivity index (χ4v) is 1.42. The molecular weight excluding hydrogens is 190 g/mol. The van der Waals surface area contributed by atoms with Crippen LogP contribution in [-0.2, 0) is 5.41 Å². The summed E-state index contributed by atoms with van der Waals surface area (Å²) in [4.78, 5) is 14.0. The molecule has 0 spiro atoms. The summed E-state index contributed by atoms with van der Waals surface area (Å²) in [6.07, 6.45) is 0. The predicted molar refractivity (Wildman–Crippen MR) is 58.6 cm³/mol. The molecule has 0 bridgehead atoms. The van der Waals surface area contributed by atoms with E-state index < -0.39 is 5.91 Å². The highest BCUT2D eigenvalue weighted by molar-refractivity contribution is 5.96. The zero-order valence-electron chi connectivity index (χ0n) is 9.06. The third kappa shape index (κ3) is 2.58. The van der Waals surface area contributed by atoms with Crippen molar-refractivity contribution in [2.45, 2.75) is 26.2 Å². The van der Waals surface area contributed by atoms with E-state index in [1.54, 1.807) is 12.1 Å². The van der Waals surface area contributed by atoms with E-state index in [-0.39, 0.29) is 5.41 Å². The van der Waals surface area contributed by atoms with Crippen molar-refractivity contribution >= 4 is 5.91 Å². The van der Waals surface area contributed by atoms with Crippen LogP contribution in [0.15, 0.2) is 29.4 Å². The van der Waals surface area contributed by atoms with Gasteiger partial charge in [-0.05, 0) is 21.6 Å². The van der Waals surface area contributed by atoms with Gasteiger partial charge in [-0.15, -0.1) is 0 Å². The first kappa shape index (κ1) is 11.3. The lowest BCUT2D eigenvalue weighted by molar-refractivity contribution is 0.0998. The Morgan fingerprint density at radius 2 is 1.93 bits per heavy atom. The molecule has 0 heterocycles. The van der Waals surface area contributed by atoms with E-state index in [0.717, 1.165) is 5.56 Å². The number of amides is 1. The van der Waals surface area contributed by atoms with Crippen LogP contribution in [0.2, 0.25) is 0 Å². The van der Waals surface area contributed by atoms with E-state index in [1.807, 2.05) is 32.9 Å². The Morgan fingerprint density at radius 3 is 2.47 bits per heavy atom. The van der Waals surface area contributed by atoms with Gasteiger partial charge in [-0.2, -0.15) is 0 Å². The number of rotatable bonds is 1. The number of azide groups is 1.